The second-order valence-corrected chi connectivity index (χ2v) is 6.23. The molecule has 1 saturated heterocycles. The Hall–Kier alpha value is -1.98. The van der Waals surface area contributed by atoms with Gasteiger partial charge in [0.15, 0.2) is 12.1 Å². The SMILES string of the molecule is CB(O)N1CCCC(C(=O)c2cc(C=O)c3ccccc3c2)C1. The summed E-state index contributed by atoms with van der Waals surface area (Å²) in [4.78, 5) is 26.1. The molecule has 0 amide bonds. The van der Waals surface area contributed by atoms with Crippen LogP contribution < -0.4 is 0 Å². The molecular formula is C18H20BNO3. The van der Waals surface area contributed by atoms with E-state index in [9.17, 15) is 14.6 Å². The summed E-state index contributed by atoms with van der Waals surface area (Å²) in [6.07, 6.45) is 2.53. The Balaban J connectivity index is 1.93. The van der Waals surface area contributed by atoms with Crippen LogP contribution >= 0.6 is 0 Å². The molecular weight excluding hydrogens is 289 g/mol. The first-order valence-corrected chi connectivity index (χ1v) is 8.04. The second kappa shape index (κ2) is 6.65. The summed E-state index contributed by atoms with van der Waals surface area (Å²) in [7, 11) is -0.535. The zero-order valence-electron chi connectivity index (χ0n) is 13.2. The molecule has 2 aromatic rings. The van der Waals surface area contributed by atoms with Crippen LogP contribution in [0.25, 0.3) is 10.8 Å². The highest BCUT2D eigenvalue weighted by Gasteiger charge is 2.29. The Morgan fingerprint density at radius 1 is 1.35 bits per heavy atom. The summed E-state index contributed by atoms with van der Waals surface area (Å²) < 4.78 is 0. The van der Waals surface area contributed by atoms with Gasteiger partial charge in [0.05, 0.1) is 0 Å². The quantitative estimate of drug-likeness (QED) is 0.536. The topological polar surface area (TPSA) is 57.6 Å². The molecule has 0 bridgehead atoms. The number of carbonyl (C=O) groups is 2. The molecule has 1 atom stereocenters. The van der Waals surface area contributed by atoms with E-state index in [2.05, 4.69) is 0 Å². The molecule has 5 heteroatoms. The van der Waals surface area contributed by atoms with Gasteiger partial charge in [-0.05, 0) is 55.7 Å². The molecule has 1 unspecified atom stereocenters. The lowest BCUT2D eigenvalue weighted by molar-refractivity contribution is 0.0864. The molecule has 23 heavy (non-hydrogen) atoms. The van der Waals surface area contributed by atoms with E-state index in [1.807, 2.05) is 35.1 Å². The van der Waals surface area contributed by atoms with E-state index >= 15 is 0 Å². The fourth-order valence-corrected chi connectivity index (χ4v) is 3.38. The van der Waals surface area contributed by atoms with Crippen molar-refractivity contribution in [3.05, 3.63) is 47.5 Å². The van der Waals surface area contributed by atoms with Gasteiger partial charge < -0.3 is 9.83 Å². The smallest absolute Gasteiger partial charge is 0.376 e. The highest BCUT2D eigenvalue weighted by atomic mass is 16.2. The Bertz CT molecular complexity index is 744. The predicted octanol–water partition coefficient (Wildman–Crippen LogP) is 2.66. The minimum Gasteiger partial charge on any atom is -0.437 e. The summed E-state index contributed by atoms with van der Waals surface area (Å²) in [5, 5.41) is 11.5. The zero-order chi connectivity index (χ0) is 16.4. The molecule has 0 aromatic heterocycles. The van der Waals surface area contributed by atoms with Gasteiger partial charge in [0.1, 0.15) is 0 Å². The Labute approximate surface area is 136 Å². The van der Waals surface area contributed by atoms with Crippen LogP contribution in [0.4, 0.5) is 0 Å². The van der Waals surface area contributed by atoms with Crippen LogP contribution in [0.5, 0.6) is 0 Å². The summed E-state index contributed by atoms with van der Waals surface area (Å²) in [6, 6.07) is 11.2. The van der Waals surface area contributed by atoms with Crippen molar-refractivity contribution in [1.82, 2.24) is 4.81 Å². The molecule has 2 aromatic carbocycles. The maximum Gasteiger partial charge on any atom is 0.376 e. The van der Waals surface area contributed by atoms with Gasteiger partial charge in [-0.1, -0.05) is 24.3 Å². The molecule has 0 saturated carbocycles. The van der Waals surface area contributed by atoms with Crippen molar-refractivity contribution in [2.45, 2.75) is 19.7 Å². The number of aldehydes is 1. The third-order valence-corrected chi connectivity index (χ3v) is 4.66. The number of carbonyl (C=O) groups excluding carboxylic acids is 2. The average molecular weight is 309 g/mol. The first kappa shape index (κ1) is 15.9. The van der Waals surface area contributed by atoms with E-state index in [-0.39, 0.29) is 11.7 Å². The van der Waals surface area contributed by atoms with Gasteiger partial charge in [-0.25, -0.2) is 0 Å². The van der Waals surface area contributed by atoms with Crippen LogP contribution in [0.1, 0.15) is 33.6 Å². The molecule has 1 N–H and O–H groups in total. The van der Waals surface area contributed by atoms with E-state index in [1.165, 1.54) is 0 Å². The number of Topliss-reactive ketones (excluding diaryl/α,β-unsaturated/α-hetero) is 1. The van der Waals surface area contributed by atoms with Crippen molar-refractivity contribution in [3.63, 3.8) is 0 Å². The highest BCUT2D eigenvalue weighted by Crippen LogP contribution is 2.25. The van der Waals surface area contributed by atoms with E-state index in [4.69, 9.17) is 0 Å². The first-order chi connectivity index (χ1) is 11.1. The summed E-state index contributed by atoms with van der Waals surface area (Å²) in [6.45, 7) is 3.12. The molecule has 4 nitrogen and oxygen atoms in total. The van der Waals surface area contributed by atoms with Crippen LogP contribution in [0.2, 0.25) is 6.82 Å². The highest BCUT2D eigenvalue weighted by molar-refractivity contribution is 6.45. The van der Waals surface area contributed by atoms with E-state index in [0.717, 1.165) is 36.4 Å². The van der Waals surface area contributed by atoms with Gasteiger partial charge in [-0.15, -0.1) is 0 Å². The standard InChI is InChI=1S/C18H20BNO3/c1-19(23)20-8-4-6-14(11-20)18(22)15-9-13-5-2-3-7-17(13)16(10-15)12-21/h2-3,5,7,9-10,12,14,23H,4,6,8,11H2,1H3. The lowest BCUT2D eigenvalue weighted by Crippen LogP contribution is -2.46. The summed E-state index contributed by atoms with van der Waals surface area (Å²) >= 11 is 0. The van der Waals surface area contributed by atoms with Crippen molar-refractivity contribution in [2.24, 2.45) is 5.92 Å². The number of nitrogens with zero attached hydrogens (tertiary/aromatic N) is 1. The maximum atomic E-state index is 12.9. The minimum atomic E-state index is -0.535. The molecule has 1 aliphatic rings. The number of piperidine rings is 1. The molecule has 0 radical (unpaired) electrons. The fourth-order valence-electron chi connectivity index (χ4n) is 3.38. The fraction of sp³-hybridized carbons (Fsp3) is 0.333. The van der Waals surface area contributed by atoms with Gasteiger partial charge in [0.2, 0.25) is 0 Å². The minimum absolute atomic E-state index is 0.0594. The van der Waals surface area contributed by atoms with Crippen LogP contribution in [0, 0.1) is 5.92 Å². The zero-order valence-corrected chi connectivity index (χ0v) is 13.2. The van der Waals surface area contributed by atoms with Gasteiger partial charge >= 0.3 is 7.05 Å². The van der Waals surface area contributed by atoms with Crippen molar-refractivity contribution in [3.8, 4) is 0 Å². The number of fused-ring (bicyclic) bond motifs is 1. The van der Waals surface area contributed by atoms with Gasteiger partial charge in [-0.2, -0.15) is 0 Å². The number of hydrogen-bond donors (Lipinski definition) is 1. The molecule has 3 rings (SSSR count). The summed E-state index contributed by atoms with van der Waals surface area (Å²) in [5.74, 6) is -0.0665. The molecule has 1 aliphatic heterocycles. The van der Waals surface area contributed by atoms with Crippen molar-refractivity contribution < 1.29 is 14.6 Å². The maximum absolute atomic E-state index is 12.9. The van der Waals surface area contributed by atoms with Gasteiger partial charge in [-0.3, -0.25) is 9.59 Å². The van der Waals surface area contributed by atoms with E-state index < -0.39 is 7.05 Å². The second-order valence-electron chi connectivity index (χ2n) is 6.23. The van der Waals surface area contributed by atoms with Gasteiger partial charge in [0, 0.05) is 17.0 Å². The monoisotopic (exact) mass is 309 g/mol. The largest absolute Gasteiger partial charge is 0.437 e. The van der Waals surface area contributed by atoms with E-state index in [0.29, 0.717) is 17.7 Å². The lowest BCUT2D eigenvalue weighted by atomic mass is 9.79. The normalized spacial score (nSPS) is 18.8. The number of rotatable bonds is 4. The van der Waals surface area contributed by atoms with Crippen molar-refractivity contribution in [2.75, 3.05) is 13.1 Å². The molecule has 1 fully saturated rings. The predicted molar refractivity (Wildman–Crippen MR) is 91.8 cm³/mol. The average Bonchev–Trinajstić information content (AvgIpc) is 2.60. The van der Waals surface area contributed by atoms with Crippen molar-refractivity contribution >= 4 is 29.9 Å². The van der Waals surface area contributed by atoms with Crippen molar-refractivity contribution in [1.29, 1.82) is 0 Å². The van der Waals surface area contributed by atoms with Crippen LogP contribution in [-0.2, 0) is 0 Å². The molecule has 0 spiro atoms. The third-order valence-electron chi connectivity index (χ3n) is 4.66. The Kier molecular flexibility index (Phi) is 4.60. The molecule has 1 heterocycles. The third kappa shape index (κ3) is 3.21. The molecule has 118 valence electrons. The van der Waals surface area contributed by atoms with Gasteiger partial charge in [0.25, 0.3) is 0 Å². The number of benzene rings is 2. The molecule has 0 aliphatic carbocycles. The lowest BCUT2D eigenvalue weighted by Gasteiger charge is -2.32. The summed E-state index contributed by atoms with van der Waals surface area (Å²) in [5.41, 5.74) is 1.14. The van der Waals surface area contributed by atoms with Crippen LogP contribution in [0.15, 0.2) is 36.4 Å². The Morgan fingerprint density at radius 2 is 2.13 bits per heavy atom. The first-order valence-electron chi connectivity index (χ1n) is 8.04. The van der Waals surface area contributed by atoms with E-state index in [1.54, 1.807) is 12.9 Å². The Morgan fingerprint density at radius 3 is 2.87 bits per heavy atom. The number of ketones is 1. The van der Waals surface area contributed by atoms with Crippen LogP contribution in [0.3, 0.4) is 0 Å². The number of hydrogen-bond acceptors (Lipinski definition) is 4. The van der Waals surface area contributed by atoms with Crippen LogP contribution in [-0.4, -0.2) is 42.0 Å².